The van der Waals surface area contributed by atoms with E-state index in [2.05, 4.69) is 5.32 Å². The highest BCUT2D eigenvalue weighted by Crippen LogP contribution is 2.25. The first kappa shape index (κ1) is 14.0. The molecule has 2 amide bonds. The average Bonchev–Trinajstić information content (AvgIpc) is 2.27. The number of carbonyl (C=O) groups excluding carboxylic acids is 1. The van der Waals surface area contributed by atoms with Gasteiger partial charge in [-0.1, -0.05) is 0 Å². The third-order valence-electron chi connectivity index (χ3n) is 3.05. The Kier molecular flexibility index (Phi) is 5.82. The van der Waals surface area contributed by atoms with Crippen molar-refractivity contribution in [2.45, 2.75) is 57.7 Å². The number of hydrogen-bond donors (Lipinski definition) is 1. The first-order valence-corrected chi connectivity index (χ1v) is 6.73. The maximum atomic E-state index is 11.8. The second kappa shape index (κ2) is 6.64. The van der Waals surface area contributed by atoms with Crippen molar-refractivity contribution in [2.24, 2.45) is 0 Å². The summed E-state index contributed by atoms with van der Waals surface area (Å²) in [5.74, 6) is 0. The molecule has 1 rings (SSSR count). The molecule has 0 heterocycles. The number of nitrogens with one attached hydrogen (secondary N) is 1. The predicted molar refractivity (Wildman–Crippen MR) is 72.6 cm³/mol. The SMILES string of the molecule is CC(C)NC(=O)N(C)C1CCC(OI)CC1. The molecule has 0 bridgehead atoms. The quantitative estimate of drug-likeness (QED) is 0.803. The topological polar surface area (TPSA) is 41.6 Å². The van der Waals surface area contributed by atoms with Gasteiger partial charge in [-0.3, -0.25) is 0 Å². The van der Waals surface area contributed by atoms with Crippen LogP contribution in [-0.4, -0.2) is 36.2 Å². The Hall–Kier alpha value is -0.0400. The number of amides is 2. The molecular weight excluding hydrogens is 319 g/mol. The molecule has 0 unspecified atom stereocenters. The predicted octanol–water partition coefficient (Wildman–Crippen LogP) is 2.71. The molecule has 0 aliphatic heterocycles. The number of nitrogens with zero attached hydrogens (tertiary/aromatic N) is 1. The second-order valence-corrected chi connectivity index (χ2v) is 5.24. The normalized spacial score (nSPS) is 25.6. The van der Waals surface area contributed by atoms with E-state index in [1.165, 1.54) is 0 Å². The van der Waals surface area contributed by atoms with Crippen LogP contribution in [0.4, 0.5) is 4.79 Å². The Labute approximate surface area is 112 Å². The summed E-state index contributed by atoms with van der Waals surface area (Å²) in [6.07, 6.45) is 4.55. The minimum atomic E-state index is 0.0360. The molecule has 0 aromatic rings. The van der Waals surface area contributed by atoms with Crippen LogP contribution in [0, 0.1) is 0 Å². The maximum Gasteiger partial charge on any atom is 0.317 e. The van der Waals surface area contributed by atoms with Crippen molar-refractivity contribution in [1.82, 2.24) is 10.2 Å². The fraction of sp³-hybridized carbons (Fsp3) is 0.909. The van der Waals surface area contributed by atoms with Gasteiger partial charge in [0.2, 0.25) is 0 Å². The Morgan fingerprint density at radius 2 is 1.94 bits per heavy atom. The van der Waals surface area contributed by atoms with Crippen LogP contribution in [0.25, 0.3) is 0 Å². The van der Waals surface area contributed by atoms with E-state index >= 15 is 0 Å². The standard InChI is InChI=1S/C11H21IN2O2/c1-8(2)13-11(15)14(3)9-4-6-10(16-12)7-5-9/h8-10H,4-7H2,1-3H3,(H,13,15). The summed E-state index contributed by atoms with van der Waals surface area (Å²) in [7, 11) is 1.88. The van der Waals surface area contributed by atoms with Gasteiger partial charge in [0.15, 0.2) is 0 Å². The lowest BCUT2D eigenvalue weighted by atomic mass is 9.92. The lowest BCUT2D eigenvalue weighted by molar-refractivity contribution is 0.134. The summed E-state index contributed by atoms with van der Waals surface area (Å²) in [5, 5.41) is 2.92. The van der Waals surface area contributed by atoms with E-state index < -0.39 is 0 Å². The van der Waals surface area contributed by atoms with Gasteiger partial charge in [-0.25, -0.2) is 4.79 Å². The van der Waals surface area contributed by atoms with Crippen molar-refractivity contribution in [3.05, 3.63) is 0 Å². The zero-order valence-electron chi connectivity index (χ0n) is 10.2. The molecule has 0 radical (unpaired) electrons. The molecule has 0 saturated heterocycles. The van der Waals surface area contributed by atoms with Crippen LogP contribution < -0.4 is 5.32 Å². The molecule has 0 aromatic heterocycles. The van der Waals surface area contributed by atoms with Gasteiger partial charge in [0.05, 0.1) is 6.10 Å². The van der Waals surface area contributed by atoms with Crippen molar-refractivity contribution in [3.63, 3.8) is 0 Å². The molecule has 1 N–H and O–H groups in total. The van der Waals surface area contributed by atoms with Crippen LogP contribution in [0.15, 0.2) is 0 Å². The molecule has 1 aliphatic rings. The van der Waals surface area contributed by atoms with E-state index in [0.29, 0.717) is 12.1 Å². The monoisotopic (exact) mass is 340 g/mol. The van der Waals surface area contributed by atoms with E-state index in [1.807, 2.05) is 48.8 Å². The van der Waals surface area contributed by atoms with Crippen molar-refractivity contribution in [1.29, 1.82) is 0 Å². The molecule has 16 heavy (non-hydrogen) atoms. The number of carbonyl (C=O) groups is 1. The highest BCUT2D eigenvalue weighted by atomic mass is 127. The molecule has 0 aromatic carbocycles. The van der Waals surface area contributed by atoms with Crippen molar-refractivity contribution in [2.75, 3.05) is 7.05 Å². The molecule has 5 heteroatoms. The van der Waals surface area contributed by atoms with Crippen molar-refractivity contribution in [3.8, 4) is 0 Å². The van der Waals surface area contributed by atoms with Crippen LogP contribution in [-0.2, 0) is 3.07 Å². The Bertz CT molecular complexity index is 228. The van der Waals surface area contributed by atoms with Crippen LogP contribution in [0.1, 0.15) is 39.5 Å². The van der Waals surface area contributed by atoms with Gasteiger partial charge >= 0.3 is 6.03 Å². The van der Waals surface area contributed by atoms with Crippen molar-refractivity contribution < 1.29 is 7.86 Å². The number of rotatable bonds is 3. The number of halogens is 1. The zero-order valence-corrected chi connectivity index (χ0v) is 12.4. The van der Waals surface area contributed by atoms with Gasteiger partial charge < -0.3 is 13.3 Å². The van der Waals surface area contributed by atoms with Gasteiger partial charge in [0, 0.05) is 19.1 Å². The number of urea groups is 1. The molecule has 1 fully saturated rings. The molecule has 94 valence electrons. The van der Waals surface area contributed by atoms with Crippen LogP contribution in [0.5, 0.6) is 0 Å². The third kappa shape index (κ3) is 4.08. The van der Waals surface area contributed by atoms with E-state index in [-0.39, 0.29) is 12.1 Å². The lowest BCUT2D eigenvalue weighted by Gasteiger charge is -2.34. The number of hydrogen-bond acceptors (Lipinski definition) is 2. The smallest absolute Gasteiger partial charge is 0.317 e. The van der Waals surface area contributed by atoms with Gasteiger partial charge in [0.1, 0.15) is 23.0 Å². The first-order valence-electron chi connectivity index (χ1n) is 5.85. The minimum absolute atomic E-state index is 0.0360. The van der Waals surface area contributed by atoms with E-state index in [9.17, 15) is 4.79 Å². The minimum Gasteiger partial charge on any atom is -0.336 e. The van der Waals surface area contributed by atoms with Gasteiger partial charge in [0.25, 0.3) is 0 Å². The third-order valence-corrected chi connectivity index (χ3v) is 3.77. The molecule has 1 aliphatic carbocycles. The zero-order chi connectivity index (χ0) is 12.1. The highest BCUT2D eigenvalue weighted by Gasteiger charge is 2.26. The Morgan fingerprint density at radius 1 is 1.38 bits per heavy atom. The van der Waals surface area contributed by atoms with Gasteiger partial charge in [-0.15, -0.1) is 0 Å². The largest absolute Gasteiger partial charge is 0.336 e. The Balaban J connectivity index is 2.37. The van der Waals surface area contributed by atoms with Gasteiger partial charge in [-0.2, -0.15) is 0 Å². The second-order valence-electron chi connectivity index (χ2n) is 4.73. The fourth-order valence-corrected chi connectivity index (χ4v) is 2.54. The summed E-state index contributed by atoms with van der Waals surface area (Å²) in [6, 6.07) is 0.597. The molecule has 1 saturated carbocycles. The molecule has 4 nitrogen and oxygen atoms in total. The van der Waals surface area contributed by atoms with E-state index in [0.717, 1.165) is 25.7 Å². The van der Waals surface area contributed by atoms with E-state index in [1.54, 1.807) is 0 Å². The molecule has 0 atom stereocenters. The molecular formula is C11H21IN2O2. The molecule has 0 spiro atoms. The first-order chi connectivity index (χ1) is 7.54. The summed E-state index contributed by atoms with van der Waals surface area (Å²) in [4.78, 5) is 13.6. The summed E-state index contributed by atoms with van der Waals surface area (Å²) >= 11 is 1.97. The maximum absolute atomic E-state index is 11.8. The fourth-order valence-electron chi connectivity index (χ4n) is 2.04. The summed E-state index contributed by atoms with van der Waals surface area (Å²) in [5.41, 5.74) is 0. The van der Waals surface area contributed by atoms with Crippen LogP contribution in [0.3, 0.4) is 0 Å². The highest BCUT2D eigenvalue weighted by molar-refractivity contribution is 14.1. The summed E-state index contributed by atoms with van der Waals surface area (Å²) < 4.78 is 5.30. The summed E-state index contributed by atoms with van der Waals surface area (Å²) in [6.45, 7) is 3.96. The Morgan fingerprint density at radius 3 is 2.38 bits per heavy atom. The van der Waals surface area contributed by atoms with Gasteiger partial charge in [-0.05, 0) is 39.5 Å². The lowest BCUT2D eigenvalue weighted by Crippen LogP contribution is -2.47. The average molecular weight is 340 g/mol. The van der Waals surface area contributed by atoms with Crippen LogP contribution in [0.2, 0.25) is 0 Å². The van der Waals surface area contributed by atoms with Crippen LogP contribution >= 0.6 is 23.0 Å². The van der Waals surface area contributed by atoms with E-state index in [4.69, 9.17) is 3.07 Å². The van der Waals surface area contributed by atoms with Crippen molar-refractivity contribution >= 4 is 29.0 Å².